The second-order valence-electron chi connectivity index (χ2n) is 5.21. The summed E-state index contributed by atoms with van der Waals surface area (Å²) in [6, 6.07) is 6.09. The summed E-state index contributed by atoms with van der Waals surface area (Å²) in [5.41, 5.74) is 8.60. The molecular weight excluding hydrogens is 330 g/mol. The lowest BCUT2D eigenvalue weighted by Gasteiger charge is -2.20. The molecule has 1 amide bonds. The Kier molecular flexibility index (Phi) is 8.33. The summed E-state index contributed by atoms with van der Waals surface area (Å²) in [7, 11) is 1.23. The van der Waals surface area contributed by atoms with Crippen LogP contribution in [0.1, 0.15) is 28.8 Å². The first-order chi connectivity index (χ1) is 11.8. The van der Waals surface area contributed by atoms with Crippen LogP contribution < -0.4 is 16.5 Å². The van der Waals surface area contributed by atoms with E-state index in [4.69, 9.17) is 15.7 Å². The Morgan fingerprint density at radius 2 is 2.04 bits per heavy atom. The van der Waals surface area contributed by atoms with Gasteiger partial charge in [-0.2, -0.15) is 5.34 Å². The number of ether oxygens (including phenoxy) is 1. The van der Waals surface area contributed by atoms with Gasteiger partial charge in [-0.25, -0.2) is 4.79 Å². The highest BCUT2D eigenvalue weighted by molar-refractivity contribution is 5.96. The molecule has 25 heavy (non-hydrogen) atoms. The predicted molar refractivity (Wildman–Crippen MR) is 90.3 cm³/mol. The summed E-state index contributed by atoms with van der Waals surface area (Å²) in [5, 5.41) is 20.7. The van der Waals surface area contributed by atoms with Crippen molar-refractivity contribution < 1.29 is 19.5 Å². The number of amides is 1. The number of methoxy groups -OCH3 is 1. The summed E-state index contributed by atoms with van der Waals surface area (Å²) in [6.07, 6.45) is 0.655. The highest BCUT2D eigenvalue weighted by Crippen LogP contribution is 2.06. The van der Waals surface area contributed by atoms with Crippen LogP contribution in [0.25, 0.3) is 0 Å². The summed E-state index contributed by atoms with van der Waals surface area (Å²) >= 11 is 0. The smallest absolute Gasteiger partial charge is 0.328 e. The largest absolute Gasteiger partial charge is 0.744 e. The fourth-order valence-corrected chi connectivity index (χ4v) is 1.97. The third-order valence-electron chi connectivity index (χ3n) is 3.25. The SMILES string of the molecule is COC(=O)[C@@H](CCCN=C(N)NN([O-])O)NC(=O)c1ccc(C)cc1. The van der Waals surface area contributed by atoms with Crippen LogP contribution in [0.4, 0.5) is 0 Å². The molecule has 10 nitrogen and oxygen atoms in total. The molecule has 1 rings (SSSR count). The van der Waals surface area contributed by atoms with Crippen molar-refractivity contribution in [1.29, 1.82) is 0 Å². The second kappa shape index (κ2) is 10.2. The summed E-state index contributed by atoms with van der Waals surface area (Å²) in [4.78, 5) is 27.8. The average molecular weight is 352 g/mol. The van der Waals surface area contributed by atoms with E-state index in [0.717, 1.165) is 5.56 Å². The Bertz CT molecular complexity index is 603. The van der Waals surface area contributed by atoms with Gasteiger partial charge in [-0.1, -0.05) is 17.7 Å². The van der Waals surface area contributed by atoms with Gasteiger partial charge in [0.05, 0.1) is 7.11 Å². The third-order valence-corrected chi connectivity index (χ3v) is 3.25. The molecule has 5 N–H and O–H groups in total. The minimum atomic E-state index is -0.836. The number of guanidine groups is 1. The van der Waals surface area contributed by atoms with E-state index in [2.05, 4.69) is 10.3 Å². The highest BCUT2D eigenvalue weighted by Gasteiger charge is 2.21. The zero-order chi connectivity index (χ0) is 18.8. The van der Waals surface area contributed by atoms with Gasteiger partial charge in [0, 0.05) is 12.1 Å². The molecule has 1 aromatic rings. The monoisotopic (exact) mass is 352 g/mol. The van der Waals surface area contributed by atoms with Crippen molar-refractivity contribution in [3.63, 3.8) is 0 Å². The third kappa shape index (κ3) is 7.61. The standard InChI is InChI=1S/C15H22N5O5/c1-10-5-7-11(8-6-10)13(21)18-12(14(22)25-2)4-3-9-17-15(16)19-20(23)24/h5-8,12,23H,3-4,9H2,1-2H3,(H,18,21)(H3,16,17,19)/q-1/t12-/m1/s1. The highest BCUT2D eigenvalue weighted by atomic mass is 16.8. The molecule has 138 valence electrons. The van der Waals surface area contributed by atoms with E-state index in [9.17, 15) is 14.8 Å². The lowest BCUT2D eigenvalue weighted by Crippen LogP contribution is -2.42. The van der Waals surface area contributed by atoms with Crippen LogP contribution in [0.2, 0.25) is 0 Å². The van der Waals surface area contributed by atoms with Crippen molar-refractivity contribution in [3.05, 3.63) is 40.6 Å². The molecule has 0 fully saturated rings. The van der Waals surface area contributed by atoms with Crippen LogP contribution in [0.3, 0.4) is 0 Å². The first-order valence-electron chi connectivity index (χ1n) is 7.51. The quantitative estimate of drug-likeness (QED) is 0.168. The van der Waals surface area contributed by atoms with E-state index in [1.165, 1.54) is 7.11 Å². The number of rotatable bonds is 8. The van der Waals surface area contributed by atoms with Gasteiger partial charge in [0.2, 0.25) is 5.96 Å². The van der Waals surface area contributed by atoms with Crippen LogP contribution in [0, 0.1) is 12.1 Å². The first kappa shape index (κ1) is 20.4. The first-order valence-corrected chi connectivity index (χ1v) is 7.51. The lowest BCUT2D eigenvalue weighted by atomic mass is 10.1. The Hall–Kier alpha value is -2.69. The molecule has 0 bridgehead atoms. The van der Waals surface area contributed by atoms with E-state index in [0.29, 0.717) is 12.0 Å². The molecule has 0 spiro atoms. The molecule has 10 heteroatoms. The Labute approximate surface area is 145 Å². The van der Waals surface area contributed by atoms with Crippen molar-refractivity contribution in [1.82, 2.24) is 16.1 Å². The number of benzene rings is 1. The van der Waals surface area contributed by atoms with E-state index < -0.39 is 17.3 Å². The van der Waals surface area contributed by atoms with Crippen LogP contribution in [-0.4, -0.2) is 48.1 Å². The summed E-state index contributed by atoms with van der Waals surface area (Å²) < 4.78 is 4.69. The van der Waals surface area contributed by atoms with Crippen molar-refractivity contribution in [2.24, 2.45) is 10.7 Å². The van der Waals surface area contributed by atoms with Crippen molar-refractivity contribution in [2.45, 2.75) is 25.8 Å². The number of hydrogen-bond donors (Lipinski definition) is 4. The molecular formula is C15H22N5O5-. The fourth-order valence-electron chi connectivity index (χ4n) is 1.97. The number of aryl methyl sites for hydroxylation is 1. The average Bonchev–Trinajstić information content (AvgIpc) is 2.56. The lowest BCUT2D eigenvalue weighted by molar-refractivity contribution is -0.143. The number of nitrogens with one attached hydrogen (secondary N) is 2. The van der Waals surface area contributed by atoms with Gasteiger partial charge < -0.3 is 26.2 Å². The normalized spacial score (nSPS) is 12.6. The molecule has 0 aliphatic heterocycles. The van der Waals surface area contributed by atoms with E-state index in [-0.39, 0.29) is 24.8 Å². The van der Waals surface area contributed by atoms with E-state index in [1.54, 1.807) is 24.3 Å². The van der Waals surface area contributed by atoms with Crippen molar-refractivity contribution >= 4 is 17.8 Å². The molecule has 0 saturated carbocycles. The van der Waals surface area contributed by atoms with Crippen molar-refractivity contribution in [3.8, 4) is 0 Å². The number of hydrazine groups is 1. The maximum atomic E-state index is 12.2. The Morgan fingerprint density at radius 3 is 2.60 bits per heavy atom. The molecule has 0 aliphatic rings. The van der Waals surface area contributed by atoms with Gasteiger partial charge in [0.25, 0.3) is 5.91 Å². The number of carbonyl (C=O) groups is 2. The number of carbonyl (C=O) groups excluding carboxylic acids is 2. The topological polar surface area (TPSA) is 152 Å². The Balaban J connectivity index is 2.58. The van der Waals surface area contributed by atoms with Crippen LogP contribution in [0.5, 0.6) is 0 Å². The Morgan fingerprint density at radius 1 is 1.40 bits per heavy atom. The molecule has 0 radical (unpaired) electrons. The number of esters is 1. The maximum absolute atomic E-state index is 12.2. The number of nitrogens with zero attached hydrogens (tertiary/aromatic N) is 2. The minimum Gasteiger partial charge on any atom is -0.744 e. The van der Waals surface area contributed by atoms with Crippen LogP contribution in [-0.2, 0) is 9.53 Å². The zero-order valence-electron chi connectivity index (χ0n) is 14.1. The molecule has 1 aromatic carbocycles. The van der Waals surface area contributed by atoms with Gasteiger partial charge in [0.1, 0.15) is 6.04 Å². The molecule has 0 aromatic heterocycles. The van der Waals surface area contributed by atoms with Crippen LogP contribution >= 0.6 is 0 Å². The summed E-state index contributed by atoms with van der Waals surface area (Å²) in [5.74, 6) is -1.23. The molecule has 0 unspecified atom stereocenters. The zero-order valence-corrected chi connectivity index (χ0v) is 14.1. The van der Waals surface area contributed by atoms with Gasteiger partial charge in [-0.15, -0.1) is 0 Å². The maximum Gasteiger partial charge on any atom is 0.328 e. The summed E-state index contributed by atoms with van der Waals surface area (Å²) in [6.45, 7) is 2.09. The minimum absolute atomic E-state index is 0.181. The fraction of sp³-hybridized carbons (Fsp3) is 0.400. The second-order valence-corrected chi connectivity index (χ2v) is 5.21. The molecule has 1 atom stereocenters. The number of aliphatic imine (C=N–C) groups is 1. The van der Waals surface area contributed by atoms with E-state index in [1.807, 2.05) is 12.3 Å². The van der Waals surface area contributed by atoms with E-state index >= 15 is 0 Å². The van der Waals surface area contributed by atoms with Gasteiger partial charge >= 0.3 is 5.97 Å². The van der Waals surface area contributed by atoms with Gasteiger partial charge in [0.15, 0.2) is 0 Å². The predicted octanol–water partition coefficient (Wildman–Crippen LogP) is 0.0549. The number of nitrogens with two attached hydrogens (primary N) is 1. The molecule has 0 aliphatic carbocycles. The van der Waals surface area contributed by atoms with Gasteiger partial charge in [-0.3, -0.25) is 15.2 Å². The molecule has 0 heterocycles. The van der Waals surface area contributed by atoms with Crippen molar-refractivity contribution in [2.75, 3.05) is 13.7 Å². The molecule has 0 saturated heterocycles. The van der Waals surface area contributed by atoms with Crippen LogP contribution in [0.15, 0.2) is 29.3 Å². The van der Waals surface area contributed by atoms with Gasteiger partial charge in [-0.05, 0) is 31.9 Å². The number of hydrogen-bond acceptors (Lipinski definition) is 7.